The number of amides is 1. The van der Waals surface area contributed by atoms with E-state index >= 15 is 0 Å². The average Bonchev–Trinajstić information content (AvgIpc) is 2.05. The largest absolute Gasteiger partial charge is 0.417 e. The number of hydrogen-bond acceptors (Lipinski definition) is 3. The second-order valence-electron chi connectivity index (χ2n) is 2.84. The number of carbonyl (C=O) groups excluding carboxylic acids is 1. The molecule has 1 aromatic heterocycles. The first kappa shape index (κ1) is 11.3. The Bertz CT molecular complexity index is 389. The number of nitrogens with two attached hydrogens (primary N) is 1. The Kier molecular flexibility index (Phi) is 2.83. The molecule has 0 unspecified atom stereocenters. The van der Waals surface area contributed by atoms with Crippen LogP contribution in [-0.2, 0) is 11.0 Å². The molecule has 3 N–H and O–H groups in total. The van der Waals surface area contributed by atoms with Crippen molar-refractivity contribution in [2.75, 3.05) is 11.1 Å². The van der Waals surface area contributed by atoms with Gasteiger partial charge in [0.15, 0.2) is 5.82 Å². The monoisotopic (exact) mass is 219 g/mol. The van der Waals surface area contributed by atoms with E-state index in [1.807, 2.05) is 0 Å². The van der Waals surface area contributed by atoms with Gasteiger partial charge in [-0.15, -0.1) is 0 Å². The number of alkyl halides is 3. The topological polar surface area (TPSA) is 68.0 Å². The van der Waals surface area contributed by atoms with Gasteiger partial charge in [-0.1, -0.05) is 0 Å². The highest BCUT2D eigenvalue weighted by Crippen LogP contribution is 2.31. The lowest BCUT2D eigenvalue weighted by molar-refractivity contribution is -0.137. The number of nitrogens with one attached hydrogen (secondary N) is 1. The van der Waals surface area contributed by atoms with Gasteiger partial charge in [0.25, 0.3) is 0 Å². The number of aromatic nitrogens is 1. The molecule has 7 heteroatoms. The van der Waals surface area contributed by atoms with E-state index in [4.69, 9.17) is 5.73 Å². The Morgan fingerprint density at radius 2 is 2.13 bits per heavy atom. The Morgan fingerprint density at radius 3 is 2.53 bits per heavy atom. The van der Waals surface area contributed by atoms with E-state index in [0.717, 1.165) is 6.07 Å². The summed E-state index contributed by atoms with van der Waals surface area (Å²) in [4.78, 5) is 14.0. The summed E-state index contributed by atoms with van der Waals surface area (Å²) in [5.41, 5.74) is 4.12. The molecule has 0 atom stereocenters. The standard InChI is InChI=1S/C8H8F3N3O/c1-4(15)14-7-6(12)2-5(3-13-7)8(9,10)11/h2-3H,12H2,1H3,(H,13,14,15). The van der Waals surface area contributed by atoms with Crippen LogP contribution in [0.25, 0.3) is 0 Å². The molecule has 0 saturated carbocycles. The number of halogens is 3. The average molecular weight is 219 g/mol. The van der Waals surface area contributed by atoms with Crippen LogP contribution in [0.5, 0.6) is 0 Å². The third kappa shape index (κ3) is 2.83. The van der Waals surface area contributed by atoms with Crippen LogP contribution in [0.4, 0.5) is 24.7 Å². The van der Waals surface area contributed by atoms with Crippen molar-refractivity contribution in [1.82, 2.24) is 4.98 Å². The summed E-state index contributed by atoms with van der Waals surface area (Å²) in [6.45, 7) is 1.21. The van der Waals surface area contributed by atoms with Crippen molar-refractivity contribution in [3.05, 3.63) is 17.8 Å². The van der Waals surface area contributed by atoms with Crippen LogP contribution < -0.4 is 11.1 Å². The number of carbonyl (C=O) groups is 1. The Labute approximate surface area is 83.3 Å². The van der Waals surface area contributed by atoms with E-state index in [-0.39, 0.29) is 11.5 Å². The Morgan fingerprint density at radius 1 is 1.53 bits per heavy atom. The third-order valence-corrected chi connectivity index (χ3v) is 1.54. The second kappa shape index (κ2) is 3.76. The molecule has 0 fully saturated rings. The van der Waals surface area contributed by atoms with Gasteiger partial charge in [0.1, 0.15) is 0 Å². The number of anilines is 2. The first-order valence-corrected chi connectivity index (χ1v) is 3.91. The minimum Gasteiger partial charge on any atom is -0.396 e. The van der Waals surface area contributed by atoms with Crippen molar-refractivity contribution in [3.63, 3.8) is 0 Å². The van der Waals surface area contributed by atoms with Crippen LogP contribution in [-0.4, -0.2) is 10.9 Å². The van der Waals surface area contributed by atoms with Crippen LogP contribution in [0.1, 0.15) is 12.5 Å². The highest BCUT2D eigenvalue weighted by molar-refractivity contribution is 5.90. The SMILES string of the molecule is CC(=O)Nc1ncc(C(F)(F)F)cc1N. The van der Waals surface area contributed by atoms with Crippen LogP contribution in [0.15, 0.2) is 12.3 Å². The fraction of sp³-hybridized carbons (Fsp3) is 0.250. The van der Waals surface area contributed by atoms with E-state index in [9.17, 15) is 18.0 Å². The number of nitrogens with zero attached hydrogens (tertiary/aromatic N) is 1. The molecule has 1 amide bonds. The van der Waals surface area contributed by atoms with Gasteiger partial charge in [-0.05, 0) is 6.07 Å². The van der Waals surface area contributed by atoms with E-state index in [1.165, 1.54) is 6.92 Å². The molecule has 0 aliphatic heterocycles. The number of pyridine rings is 1. The molecule has 0 spiro atoms. The molecule has 0 bridgehead atoms. The van der Waals surface area contributed by atoms with Gasteiger partial charge >= 0.3 is 6.18 Å². The number of rotatable bonds is 1. The van der Waals surface area contributed by atoms with E-state index in [0.29, 0.717) is 6.20 Å². The molecule has 1 rings (SSSR count). The van der Waals surface area contributed by atoms with Crippen LogP contribution in [0, 0.1) is 0 Å². The van der Waals surface area contributed by atoms with Crippen LogP contribution in [0.3, 0.4) is 0 Å². The molecule has 1 heterocycles. The van der Waals surface area contributed by atoms with Gasteiger partial charge in [-0.2, -0.15) is 13.2 Å². The Balaban J connectivity index is 3.03. The lowest BCUT2D eigenvalue weighted by atomic mass is 10.2. The number of nitrogen functional groups attached to an aromatic ring is 1. The maximum Gasteiger partial charge on any atom is 0.417 e. The Hall–Kier alpha value is -1.79. The van der Waals surface area contributed by atoms with Crippen molar-refractivity contribution in [1.29, 1.82) is 0 Å². The summed E-state index contributed by atoms with van der Waals surface area (Å²) in [7, 11) is 0. The summed E-state index contributed by atoms with van der Waals surface area (Å²) in [5, 5.41) is 2.21. The van der Waals surface area contributed by atoms with Gasteiger partial charge in [0.2, 0.25) is 5.91 Å². The summed E-state index contributed by atoms with van der Waals surface area (Å²) in [6, 6.07) is 0.721. The maximum atomic E-state index is 12.2. The summed E-state index contributed by atoms with van der Waals surface area (Å²) < 4.78 is 36.5. The predicted octanol–water partition coefficient (Wildman–Crippen LogP) is 1.64. The van der Waals surface area contributed by atoms with Gasteiger partial charge in [0.05, 0.1) is 11.3 Å². The third-order valence-electron chi connectivity index (χ3n) is 1.54. The van der Waals surface area contributed by atoms with Crippen molar-refractivity contribution in [2.45, 2.75) is 13.1 Å². The predicted molar refractivity (Wildman–Crippen MR) is 48.0 cm³/mol. The summed E-state index contributed by atoms with van der Waals surface area (Å²) in [5.74, 6) is -0.524. The van der Waals surface area contributed by atoms with Crippen LogP contribution >= 0.6 is 0 Å². The molecule has 0 aliphatic rings. The lowest BCUT2D eigenvalue weighted by Gasteiger charge is -2.09. The van der Waals surface area contributed by atoms with E-state index in [2.05, 4.69) is 10.3 Å². The fourth-order valence-electron chi connectivity index (χ4n) is 0.908. The molecule has 0 aliphatic carbocycles. The van der Waals surface area contributed by atoms with E-state index in [1.54, 1.807) is 0 Å². The molecule has 0 aromatic carbocycles. The highest BCUT2D eigenvalue weighted by Gasteiger charge is 2.31. The highest BCUT2D eigenvalue weighted by atomic mass is 19.4. The molecule has 1 aromatic rings. The summed E-state index contributed by atoms with van der Waals surface area (Å²) in [6.07, 6.45) is -3.88. The molecule has 4 nitrogen and oxygen atoms in total. The lowest BCUT2D eigenvalue weighted by Crippen LogP contribution is -2.12. The van der Waals surface area contributed by atoms with Gasteiger partial charge in [-0.25, -0.2) is 4.98 Å². The zero-order valence-electron chi connectivity index (χ0n) is 7.72. The van der Waals surface area contributed by atoms with Crippen molar-refractivity contribution >= 4 is 17.4 Å². The normalized spacial score (nSPS) is 11.2. The fourth-order valence-corrected chi connectivity index (χ4v) is 0.908. The minimum absolute atomic E-state index is 0.0736. The maximum absolute atomic E-state index is 12.2. The molecular weight excluding hydrogens is 211 g/mol. The number of hydrogen-bond donors (Lipinski definition) is 2. The second-order valence-corrected chi connectivity index (χ2v) is 2.84. The van der Waals surface area contributed by atoms with Gasteiger partial charge < -0.3 is 11.1 Å². The molecule has 82 valence electrons. The van der Waals surface area contributed by atoms with Crippen LogP contribution in [0.2, 0.25) is 0 Å². The molecule has 0 saturated heterocycles. The zero-order valence-corrected chi connectivity index (χ0v) is 7.72. The molecule has 15 heavy (non-hydrogen) atoms. The van der Waals surface area contributed by atoms with E-state index < -0.39 is 17.6 Å². The zero-order chi connectivity index (χ0) is 11.6. The quantitative estimate of drug-likeness (QED) is 0.754. The van der Waals surface area contributed by atoms with Gasteiger partial charge in [-0.3, -0.25) is 4.79 Å². The molecular formula is C8H8F3N3O. The van der Waals surface area contributed by atoms with Crippen molar-refractivity contribution in [2.24, 2.45) is 0 Å². The molecule has 0 radical (unpaired) electrons. The minimum atomic E-state index is -4.49. The van der Waals surface area contributed by atoms with Crippen molar-refractivity contribution < 1.29 is 18.0 Å². The first-order valence-electron chi connectivity index (χ1n) is 3.91. The van der Waals surface area contributed by atoms with Gasteiger partial charge in [0, 0.05) is 13.1 Å². The van der Waals surface area contributed by atoms with Crippen molar-refractivity contribution in [3.8, 4) is 0 Å². The smallest absolute Gasteiger partial charge is 0.396 e. The first-order chi connectivity index (χ1) is 6.80. The summed E-state index contributed by atoms with van der Waals surface area (Å²) >= 11 is 0.